The van der Waals surface area contributed by atoms with Crippen LogP contribution in [0.15, 0.2) is 60.9 Å². The summed E-state index contributed by atoms with van der Waals surface area (Å²) in [6, 6.07) is 15.3. The van der Waals surface area contributed by atoms with Gasteiger partial charge in [0.2, 0.25) is 5.91 Å². The molecule has 0 bridgehead atoms. The Balaban J connectivity index is 1.49. The molecule has 5 rings (SSSR count). The summed E-state index contributed by atoms with van der Waals surface area (Å²) < 4.78 is 12.8. The van der Waals surface area contributed by atoms with Crippen molar-refractivity contribution in [3.05, 3.63) is 77.6 Å². The Hall–Kier alpha value is -4.08. The van der Waals surface area contributed by atoms with Crippen LogP contribution < -0.4 is 10.6 Å². The van der Waals surface area contributed by atoms with Gasteiger partial charge in [-0.1, -0.05) is 24.3 Å². The summed E-state index contributed by atoms with van der Waals surface area (Å²) >= 11 is 0. The maximum atomic E-state index is 13.5. The number of nitrogens with zero attached hydrogens (tertiary/aromatic N) is 3. The van der Waals surface area contributed by atoms with Gasteiger partial charge in [0.15, 0.2) is 0 Å². The van der Waals surface area contributed by atoms with Crippen molar-refractivity contribution in [2.45, 2.75) is 12.5 Å². The zero-order valence-electron chi connectivity index (χ0n) is 20.2. The van der Waals surface area contributed by atoms with Crippen molar-refractivity contribution in [3.8, 4) is 11.4 Å². The number of methoxy groups -OCH3 is 1. The van der Waals surface area contributed by atoms with Gasteiger partial charge in [-0.25, -0.2) is 4.98 Å². The predicted molar refractivity (Wildman–Crippen MR) is 136 cm³/mol. The van der Waals surface area contributed by atoms with E-state index in [-0.39, 0.29) is 24.5 Å². The summed E-state index contributed by atoms with van der Waals surface area (Å²) in [5.41, 5.74) is 5.32. The largest absolute Gasteiger partial charge is 0.375 e. The summed E-state index contributed by atoms with van der Waals surface area (Å²) in [4.78, 5) is 34.6. The number of carbonyl (C=O) groups is 2. The van der Waals surface area contributed by atoms with Gasteiger partial charge in [0.25, 0.3) is 5.91 Å². The Labute approximate surface area is 208 Å². The van der Waals surface area contributed by atoms with E-state index < -0.39 is 0 Å². The number of hydrogen-bond acceptors (Lipinski definition) is 6. The molecule has 1 unspecified atom stereocenters. The van der Waals surface area contributed by atoms with E-state index in [1.165, 1.54) is 12.7 Å². The van der Waals surface area contributed by atoms with E-state index in [1.807, 2.05) is 41.9 Å². The van der Waals surface area contributed by atoms with Crippen molar-refractivity contribution in [2.24, 2.45) is 7.05 Å². The molecule has 0 saturated carbocycles. The fourth-order valence-corrected chi connectivity index (χ4v) is 4.61. The highest BCUT2D eigenvalue weighted by Crippen LogP contribution is 2.30. The van der Waals surface area contributed by atoms with Crippen molar-refractivity contribution in [3.63, 3.8) is 0 Å². The average Bonchev–Trinajstić information content (AvgIpc) is 3.23. The first kappa shape index (κ1) is 23.7. The maximum Gasteiger partial charge on any atom is 0.253 e. The van der Waals surface area contributed by atoms with E-state index in [1.54, 1.807) is 24.5 Å². The summed E-state index contributed by atoms with van der Waals surface area (Å²) in [7, 11) is 3.32. The first-order valence-corrected chi connectivity index (χ1v) is 11.7. The monoisotopic (exact) mass is 485 g/mol. The van der Waals surface area contributed by atoms with Crippen LogP contribution in [-0.2, 0) is 27.7 Å². The lowest BCUT2D eigenvalue weighted by atomic mass is 9.97. The first-order chi connectivity index (χ1) is 17.5. The lowest BCUT2D eigenvalue weighted by molar-refractivity contribution is -0.119. The van der Waals surface area contributed by atoms with Gasteiger partial charge in [0.1, 0.15) is 18.5 Å². The lowest BCUT2D eigenvalue weighted by Crippen LogP contribution is -2.32. The minimum atomic E-state index is -0.319. The van der Waals surface area contributed by atoms with Crippen molar-refractivity contribution < 1.29 is 19.1 Å². The minimum absolute atomic E-state index is 0.0948. The number of ether oxygens (including phenoxy) is 2. The number of fused-ring (bicyclic) bond motifs is 2. The molecule has 2 N–H and O–H groups in total. The molecule has 1 aliphatic rings. The fraction of sp³-hybridized carbons (Fsp3) is 0.259. The molecular formula is C27H27N5O4. The molecule has 2 aromatic heterocycles. The van der Waals surface area contributed by atoms with E-state index in [0.29, 0.717) is 41.3 Å². The molecule has 36 heavy (non-hydrogen) atoms. The maximum absolute atomic E-state index is 13.5. The summed E-state index contributed by atoms with van der Waals surface area (Å²) in [5, 5.41) is 5.82. The number of pyridine rings is 1. The number of anilines is 1. The highest BCUT2D eigenvalue weighted by atomic mass is 16.5. The van der Waals surface area contributed by atoms with Gasteiger partial charge < -0.3 is 24.7 Å². The molecule has 4 aromatic rings. The Morgan fingerprint density at radius 3 is 2.78 bits per heavy atom. The third-order valence-electron chi connectivity index (χ3n) is 6.25. The molecule has 0 aliphatic carbocycles. The number of carbonyl (C=O) groups excluding carboxylic acids is 2. The number of amides is 2. The zero-order chi connectivity index (χ0) is 25.1. The topological polar surface area (TPSA) is 107 Å². The molecule has 0 spiro atoms. The smallest absolute Gasteiger partial charge is 0.253 e. The molecule has 1 atom stereocenters. The summed E-state index contributed by atoms with van der Waals surface area (Å²) in [6.45, 7) is 0.842. The Kier molecular flexibility index (Phi) is 6.75. The van der Waals surface area contributed by atoms with Gasteiger partial charge in [-0.15, -0.1) is 0 Å². The van der Waals surface area contributed by atoms with Crippen LogP contribution in [-0.4, -0.2) is 53.2 Å². The quantitative estimate of drug-likeness (QED) is 0.416. The second-order valence-corrected chi connectivity index (χ2v) is 8.62. The Morgan fingerprint density at radius 2 is 1.97 bits per heavy atom. The van der Waals surface area contributed by atoms with Crippen LogP contribution in [0.4, 0.5) is 5.69 Å². The third-order valence-corrected chi connectivity index (χ3v) is 6.25. The van der Waals surface area contributed by atoms with Gasteiger partial charge in [-0.3, -0.25) is 14.6 Å². The molecule has 2 aromatic carbocycles. The molecule has 184 valence electrons. The van der Waals surface area contributed by atoms with Crippen LogP contribution in [0, 0.1) is 0 Å². The van der Waals surface area contributed by atoms with E-state index in [0.717, 1.165) is 17.5 Å². The highest BCUT2D eigenvalue weighted by molar-refractivity contribution is 6.08. The van der Waals surface area contributed by atoms with Gasteiger partial charge in [-0.05, 0) is 41.8 Å². The van der Waals surface area contributed by atoms with Crippen LogP contribution in [0.25, 0.3) is 22.4 Å². The molecule has 9 nitrogen and oxygen atoms in total. The summed E-state index contributed by atoms with van der Waals surface area (Å²) in [5.74, 6) is 0.0887. The predicted octanol–water partition coefficient (Wildman–Crippen LogP) is 3.26. The minimum Gasteiger partial charge on any atom is -0.375 e. The van der Waals surface area contributed by atoms with E-state index in [2.05, 4.69) is 21.7 Å². The number of nitrogens with one attached hydrogen (secondary N) is 2. The van der Waals surface area contributed by atoms with Gasteiger partial charge in [-0.2, -0.15) is 0 Å². The molecule has 0 fully saturated rings. The van der Waals surface area contributed by atoms with Crippen LogP contribution in [0.1, 0.15) is 27.6 Å². The molecule has 9 heteroatoms. The molecule has 0 saturated heterocycles. The third kappa shape index (κ3) is 4.71. The summed E-state index contributed by atoms with van der Waals surface area (Å²) in [6.07, 6.45) is 4.02. The molecule has 2 amide bonds. The zero-order valence-corrected chi connectivity index (χ0v) is 20.2. The first-order valence-electron chi connectivity index (χ1n) is 11.7. The lowest BCUT2D eigenvalue weighted by Gasteiger charge is -2.26. The molecule has 3 heterocycles. The second kappa shape index (κ2) is 10.3. The number of benzene rings is 2. The number of hydrogen-bond donors (Lipinski definition) is 2. The Bertz CT molecular complexity index is 1420. The fourth-order valence-electron chi connectivity index (χ4n) is 4.61. The molecular weight excluding hydrogens is 458 g/mol. The van der Waals surface area contributed by atoms with Crippen molar-refractivity contribution in [1.29, 1.82) is 0 Å². The number of rotatable bonds is 7. The molecule has 0 radical (unpaired) electrons. The van der Waals surface area contributed by atoms with E-state index >= 15 is 0 Å². The van der Waals surface area contributed by atoms with E-state index in [4.69, 9.17) is 14.5 Å². The van der Waals surface area contributed by atoms with Crippen molar-refractivity contribution in [1.82, 2.24) is 19.9 Å². The van der Waals surface area contributed by atoms with Crippen molar-refractivity contribution in [2.75, 3.05) is 32.2 Å². The highest BCUT2D eigenvalue weighted by Gasteiger charge is 2.23. The number of aryl methyl sites for hydroxylation is 1. The van der Waals surface area contributed by atoms with Crippen LogP contribution in [0.2, 0.25) is 0 Å². The van der Waals surface area contributed by atoms with Crippen LogP contribution in [0.5, 0.6) is 0 Å². The average molecular weight is 486 g/mol. The second-order valence-electron chi connectivity index (χ2n) is 8.62. The SMILES string of the molecule is COCC(=O)Nc1cc(C(=O)NCC2OCCc3ccccc32)c2c(c1)nc(-c1ccncc1)n2C. The van der Waals surface area contributed by atoms with Crippen molar-refractivity contribution >= 4 is 28.5 Å². The Morgan fingerprint density at radius 1 is 1.17 bits per heavy atom. The van der Waals surface area contributed by atoms with E-state index in [9.17, 15) is 9.59 Å². The van der Waals surface area contributed by atoms with Crippen LogP contribution >= 0.6 is 0 Å². The molecule has 1 aliphatic heterocycles. The standard InChI is InChI=1S/C27H27N5O4/c1-32-25-21(27(34)29-15-23-20-6-4-3-5-17(20)9-12-36-23)13-19(30-24(33)16-35-2)14-22(25)31-26(32)18-7-10-28-11-8-18/h3-8,10-11,13-14,23H,9,12,15-16H2,1-2H3,(H,29,34)(H,30,33). The van der Waals surface area contributed by atoms with Gasteiger partial charge in [0.05, 0.1) is 23.2 Å². The van der Waals surface area contributed by atoms with Gasteiger partial charge in [0, 0.05) is 44.3 Å². The van der Waals surface area contributed by atoms with Gasteiger partial charge >= 0.3 is 0 Å². The number of imidazole rings is 1. The van der Waals surface area contributed by atoms with Crippen LogP contribution in [0.3, 0.4) is 0 Å². The normalized spacial score (nSPS) is 14.9. The number of aromatic nitrogens is 3.